The van der Waals surface area contributed by atoms with E-state index in [-0.39, 0.29) is 11.6 Å². The molecule has 1 saturated carbocycles. The summed E-state index contributed by atoms with van der Waals surface area (Å²) in [5, 5.41) is 14.2. The fourth-order valence-electron chi connectivity index (χ4n) is 1.27. The molecule has 1 aliphatic carbocycles. The van der Waals surface area contributed by atoms with Crippen LogP contribution in [0.5, 0.6) is 0 Å². The van der Waals surface area contributed by atoms with Crippen molar-refractivity contribution in [3.8, 4) is 0 Å². The van der Waals surface area contributed by atoms with Gasteiger partial charge in [0.15, 0.2) is 0 Å². The number of aliphatic carboxylic acids is 1. The van der Waals surface area contributed by atoms with Crippen molar-refractivity contribution in [1.29, 1.82) is 0 Å². The maximum atomic E-state index is 11.5. The van der Waals surface area contributed by atoms with Crippen molar-refractivity contribution >= 4 is 23.8 Å². The average molecular weight is 246 g/mol. The van der Waals surface area contributed by atoms with Crippen molar-refractivity contribution in [2.75, 3.05) is 12.0 Å². The van der Waals surface area contributed by atoms with Crippen LogP contribution in [0.1, 0.15) is 26.2 Å². The Morgan fingerprint density at radius 2 is 2.12 bits per heavy atom. The number of thioether (sulfide) groups is 1. The molecule has 6 heteroatoms. The van der Waals surface area contributed by atoms with E-state index < -0.39 is 12.0 Å². The van der Waals surface area contributed by atoms with Crippen LogP contribution >= 0.6 is 11.8 Å². The van der Waals surface area contributed by atoms with Gasteiger partial charge in [0, 0.05) is 5.54 Å². The molecule has 1 rings (SSSR count). The Morgan fingerprint density at radius 3 is 2.56 bits per heavy atom. The smallest absolute Gasteiger partial charge is 0.326 e. The highest BCUT2D eigenvalue weighted by molar-refractivity contribution is 7.98. The molecule has 0 aromatic rings. The maximum Gasteiger partial charge on any atom is 0.326 e. The zero-order valence-corrected chi connectivity index (χ0v) is 10.4. The molecule has 0 saturated heterocycles. The monoisotopic (exact) mass is 246 g/mol. The minimum absolute atomic E-state index is 0.118. The van der Waals surface area contributed by atoms with Crippen LogP contribution in [-0.4, -0.2) is 40.7 Å². The molecule has 1 atom stereocenters. The summed E-state index contributed by atoms with van der Waals surface area (Å²) in [4.78, 5) is 22.4. The molecule has 1 aliphatic rings. The van der Waals surface area contributed by atoms with E-state index in [2.05, 4.69) is 10.6 Å². The first-order valence-electron chi connectivity index (χ1n) is 5.27. The van der Waals surface area contributed by atoms with Crippen molar-refractivity contribution < 1.29 is 14.7 Å². The minimum atomic E-state index is -0.981. The van der Waals surface area contributed by atoms with E-state index in [1.807, 2.05) is 13.2 Å². The zero-order valence-electron chi connectivity index (χ0n) is 9.58. The summed E-state index contributed by atoms with van der Waals surface area (Å²) in [6, 6.07) is -1.18. The Morgan fingerprint density at radius 1 is 1.50 bits per heavy atom. The summed E-state index contributed by atoms with van der Waals surface area (Å²) in [5.74, 6) is -0.265. The van der Waals surface area contributed by atoms with E-state index in [4.69, 9.17) is 5.11 Å². The summed E-state index contributed by atoms with van der Waals surface area (Å²) in [5.41, 5.74) is -0.118. The predicted octanol–water partition coefficient (Wildman–Crippen LogP) is 1.04. The fourth-order valence-corrected chi connectivity index (χ4v) is 1.75. The summed E-state index contributed by atoms with van der Waals surface area (Å²) in [7, 11) is 0. The molecule has 16 heavy (non-hydrogen) atoms. The molecule has 92 valence electrons. The Labute approximate surface area is 99.4 Å². The molecule has 3 N–H and O–H groups in total. The Hall–Kier alpha value is -0.910. The highest BCUT2D eigenvalue weighted by atomic mass is 32.2. The van der Waals surface area contributed by atoms with Crippen LogP contribution in [-0.2, 0) is 4.79 Å². The number of carbonyl (C=O) groups excluding carboxylic acids is 1. The quantitative estimate of drug-likeness (QED) is 0.654. The van der Waals surface area contributed by atoms with E-state index >= 15 is 0 Å². The van der Waals surface area contributed by atoms with Crippen LogP contribution in [0.2, 0.25) is 0 Å². The van der Waals surface area contributed by atoms with E-state index in [1.165, 1.54) is 0 Å². The van der Waals surface area contributed by atoms with Crippen molar-refractivity contribution in [1.82, 2.24) is 10.6 Å². The summed E-state index contributed by atoms with van der Waals surface area (Å²) >= 11 is 1.56. The molecule has 0 heterocycles. The molecular weight excluding hydrogens is 228 g/mol. The zero-order chi connectivity index (χ0) is 12.2. The van der Waals surface area contributed by atoms with E-state index in [0.717, 1.165) is 12.8 Å². The van der Waals surface area contributed by atoms with Crippen LogP contribution in [0.25, 0.3) is 0 Å². The second-order valence-electron chi connectivity index (χ2n) is 4.33. The maximum absolute atomic E-state index is 11.5. The number of hydrogen-bond acceptors (Lipinski definition) is 3. The van der Waals surface area contributed by atoms with Crippen molar-refractivity contribution in [3.63, 3.8) is 0 Å². The number of nitrogens with one attached hydrogen (secondary N) is 2. The minimum Gasteiger partial charge on any atom is -0.480 e. The number of hydrogen-bond donors (Lipinski definition) is 3. The van der Waals surface area contributed by atoms with Gasteiger partial charge in [0.25, 0.3) is 0 Å². The third kappa shape index (κ3) is 4.30. The van der Waals surface area contributed by atoms with Crippen LogP contribution in [0.4, 0.5) is 4.79 Å². The molecule has 0 spiro atoms. The van der Waals surface area contributed by atoms with Crippen LogP contribution < -0.4 is 10.6 Å². The number of urea groups is 1. The van der Waals surface area contributed by atoms with Gasteiger partial charge >= 0.3 is 12.0 Å². The first kappa shape index (κ1) is 13.2. The van der Waals surface area contributed by atoms with Gasteiger partial charge in [-0.25, -0.2) is 9.59 Å². The molecular formula is C10H18N2O3S. The highest BCUT2D eigenvalue weighted by Crippen LogP contribution is 2.33. The van der Waals surface area contributed by atoms with Crippen LogP contribution in [0.15, 0.2) is 0 Å². The average Bonchev–Trinajstić information content (AvgIpc) is 2.89. The van der Waals surface area contributed by atoms with Gasteiger partial charge in [-0.15, -0.1) is 0 Å². The van der Waals surface area contributed by atoms with Gasteiger partial charge in [0.2, 0.25) is 0 Å². The van der Waals surface area contributed by atoms with Gasteiger partial charge in [-0.05, 0) is 38.2 Å². The van der Waals surface area contributed by atoms with Crippen LogP contribution in [0, 0.1) is 0 Å². The Kier molecular flexibility index (Phi) is 4.46. The second-order valence-corrected chi connectivity index (χ2v) is 5.32. The first-order chi connectivity index (χ1) is 7.47. The van der Waals surface area contributed by atoms with E-state index in [9.17, 15) is 9.59 Å². The van der Waals surface area contributed by atoms with Gasteiger partial charge in [0.1, 0.15) is 6.04 Å². The fraction of sp³-hybridized carbons (Fsp3) is 0.800. The number of carbonyl (C=O) groups is 2. The molecule has 0 bridgehead atoms. The lowest BCUT2D eigenvalue weighted by Gasteiger charge is -2.17. The largest absolute Gasteiger partial charge is 0.480 e. The van der Waals surface area contributed by atoms with E-state index in [0.29, 0.717) is 12.2 Å². The number of carboxylic acid groups (broad SMARTS) is 1. The SMILES string of the molecule is CSCCC(NC(=O)NC1(C)CC1)C(=O)O. The molecule has 0 aromatic carbocycles. The Bertz CT molecular complexity index is 279. The lowest BCUT2D eigenvalue weighted by atomic mass is 10.2. The van der Waals surface area contributed by atoms with E-state index in [1.54, 1.807) is 11.8 Å². The molecule has 0 radical (unpaired) electrons. The van der Waals surface area contributed by atoms with Crippen molar-refractivity contribution in [2.24, 2.45) is 0 Å². The summed E-state index contributed by atoms with van der Waals surface area (Å²) in [6.07, 6.45) is 4.27. The highest BCUT2D eigenvalue weighted by Gasteiger charge is 2.39. The molecule has 1 unspecified atom stereocenters. The predicted molar refractivity (Wildman–Crippen MR) is 63.7 cm³/mol. The van der Waals surface area contributed by atoms with Gasteiger partial charge in [-0.2, -0.15) is 11.8 Å². The molecule has 0 aliphatic heterocycles. The van der Waals surface area contributed by atoms with Crippen LogP contribution in [0.3, 0.4) is 0 Å². The third-order valence-electron chi connectivity index (χ3n) is 2.63. The Balaban J connectivity index is 2.35. The molecule has 1 fully saturated rings. The summed E-state index contributed by atoms with van der Waals surface area (Å²) < 4.78 is 0. The topological polar surface area (TPSA) is 78.4 Å². The van der Waals surface area contributed by atoms with Gasteiger partial charge in [0.05, 0.1) is 0 Å². The number of rotatable bonds is 6. The summed E-state index contributed by atoms with van der Waals surface area (Å²) in [6.45, 7) is 1.95. The van der Waals surface area contributed by atoms with Gasteiger partial charge in [-0.3, -0.25) is 0 Å². The second kappa shape index (κ2) is 5.43. The number of carboxylic acids is 1. The molecule has 5 nitrogen and oxygen atoms in total. The first-order valence-corrected chi connectivity index (χ1v) is 6.67. The lowest BCUT2D eigenvalue weighted by molar-refractivity contribution is -0.139. The van der Waals surface area contributed by atoms with Crippen molar-refractivity contribution in [2.45, 2.75) is 37.8 Å². The molecule has 0 aromatic heterocycles. The van der Waals surface area contributed by atoms with Gasteiger partial charge < -0.3 is 15.7 Å². The third-order valence-corrected chi connectivity index (χ3v) is 3.27. The standard InChI is InChI=1S/C10H18N2O3S/c1-10(4-5-10)12-9(15)11-7(8(13)14)3-6-16-2/h7H,3-6H2,1-2H3,(H,13,14)(H2,11,12,15). The van der Waals surface area contributed by atoms with Gasteiger partial charge in [-0.1, -0.05) is 0 Å². The lowest BCUT2D eigenvalue weighted by Crippen LogP contribution is -2.49. The molecule has 2 amide bonds. The van der Waals surface area contributed by atoms with Crippen molar-refractivity contribution in [3.05, 3.63) is 0 Å². The number of amides is 2. The normalized spacial score (nSPS) is 18.6.